The molecule has 1 heterocycles. The summed E-state index contributed by atoms with van der Waals surface area (Å²) in [5.41, 5.74) is 2.77. The molecule has 1 atom stereocenters. The molecular weight excluding hydrogens is 396 g/mol. The first-order valence-corrected chi connectivity index (χ1v) is 9.85. The lowest BCUT2D eigenvalue weighted by Gasteiger charge is -2.23. The summed E-state index contributed by atoms with van der Waals surface area (Å²) in [6, 6.07) is 15.8. The minimum atomic E-state index is -1.29. The van der Waals surface area contributed by atoms with Crippen LogP contribution in [0.1, 0.15) is 18.1 Å². The Morgan fingerprint density at radius 1 is 1.19 bits per heavy atom. The van der Waals surface area contributed by atoms with Crippen molar-refractivity contribution in [1.82, 2.24) is 20.7 Å². The van der Waals surface area contributed by atoms with Crippen molar-refractivity contribution in [1.29, 1.82) is 0 Å². The monoisotopic (exact) mass is 422 g/mol. The van der Waals surface area contributed by atoms with E-state index in [9.17, 15) is 14.4 Å². The molecule has 162 valence electrons. The highest BCUT2D eigenvalue weighted by molar-refractivity contribution is 6.08. The SMILES string of the molecule is C=CCN(CC(=O)NN1C(=O)NC(C)(c2ccc(OC)cc2)C1=O)Cc1ccccc1. The van der Waals surface area contributed by atoms with Crippen molar-refractivity contribution in [2.75, 3.05) is 20.2 Å². The van der Waals surface area contributed by atoms with Crippen molar-refractivity contribution in [3.8, 4) is 5.75 Å². The fourth-order valence-corrected chi connectivity index (χ4v) is 3.43. The molecular formula is C23H26N4O4. The Kier molecular flexibility index (Phi) is 6.71. The molecule has 3 rings (SSSR count). The number of methoxy groups -OCH3 is 1. The zero-order valence-electron chi connectivity index (χ0n) is 17.6. The molecule has 1 aliphatic rings. The lowest BCUT2D eigenvalue weighted by molar-refractivity contribution is -0.139. The van der Waals surface area contributed by atoms with Gasteiger partial charge in [0.25, 0.3) is 11.8 Å². The van der Waals surface area contributed by atoms with Crippen LogP contribution in [0.15, 0.2) is 67.3 Å². The van der Waals surface area contributed by atoms with Crippen LogP contribution in [0.4, 0.5) is 4.79 Å². The fraction of sp³-hybridized carbons (Fsp3) is 0.261. The average Bonchev–Trinajstić information content (AvgIpc) is 2.98. The molecule has 31 heavy (non-hydrogen) atoms. The third-order valence-corrected chi connectivity index (χ3v) is 5.10. The van der Waals surface area contributed by atoms with Crippen LogP contribution in [0.5, 0.6) is 5.75 Å². The van der Waals surface area contributed by atoms with E-state index in [4.69, 9.17) is 4.74 Å². The summed E-state index contributed by atoms with van der Waals surface area (Å²) >= 11 is 0. The highest BCUT2D eigenvalue weighted by Gasteiger charge is 2.50. The molecule has 0 aliphatic carbocycles. The summed E-state index contributed by atoms with van der Waals surface area (Å²) in [6.45, 7) is 6.34. The van der Waals surface area contributed by atoms with Crippen molar-refractivity contribution in [2.45, 2.75) is 19.0 Å². The average molecular weight is 422 g/mol. The second-order valence-electron chi connectivity index (χ2n) is 7.40. The van der Waals surface area contributed by atoms with Gasteiger partial charge in [0.2, 0.25) is 0 Å². The van der Waals surface area contributed by atoms with Crippen LogP contribution >= 0.6 is 0 Å². The lowest BCUT2D eigenvalue weighted by Crippen LogP contribution is -2.50. The van der Waals surface area contributed by atoms with Crippen molar-refractivity contribution in [3.63, 3.8) is 0 Å². The first-order chi connectivity index (χ1) is 14.9. The van der Waals surface area contributed by atoms with Crippen LogP contribution in [0.2, 0.25) is 0 Å². The Morgan fingerprint density at radius 3 is 2.48 bits per heavy atom. The first kappa shape index (κ1) is 22.0. The number of carbonyl (C=O) groups is 3. The topological polar surface area (TPSA) is 91.0 Å². The highest BCUT2D eigenvalue weighted by atomic mass is 16.5. The van der Waals surface area contributed by atoms with Gasteiger partial charge in [0.1, 0.15) is 11.3 Å². The Balaban J connectivity index is 1.67. The molecule has 0 bridgehead atoms. The Bertz CT molecular complexity index is 961. The molecule has 8 heteroatoms. The number of ether oxygens (including phenoxy) is 1. The van der Waals surface area contributed by atoms with Crippen molar-refractivity contribution < 1.29 is 19.1 Å². The number of amides is 4. The van der Waals surface area contributed by atoms with Crippen LogP contribution in [0.25, 0.3) is 0 Å². The molecule has 4 amide bonds. The summed E-state index contributed by atoms with van der Waals surface area (Å²) in [5, 5.41) is 3.40. The summed E-state index contributed by atoms with van der Waals surface area (Å²) in [4.78, 5) is 39.9. The minimum absolute atomic E-state index is 0.00275. The quantitative estimate of drug-likeness (QED) is 0.478. The molecule has 0 spiro atoms. The Labute approximate surface area is 181 Å². The van der Waals surface area contributed by atoms with Gasteiger partial charge in [-0.25, -0.2) is 4.79 Å². The largest absolute Gasteiger partial charge is 0.497 e. The fourth-order valence-electron chi connectivity index (χ4n) is 3.43. The molecule has 2 N–H and O–H groups in total. The standard InChI is InChI=1S/C23H26N4O4/c1-4-14-26(15-17-8-6-5-7-9-17)16-20(28)25-27-21(29)23(2,24-22(27)30)18-10-12-19(31-3)13-11-18/h4-13H,1,14-16H2,2-3H3,(H,24,30)(H,25,28). The van der Waals surface area contributed by atoms with Gasteiger partial charge in [-0.2, -0.15) is 5.01 Å². The number of carbonyl (C=O) groups excluding carboxylic acids is 3. The van der Waals surface area contributed by atoms with Crippen LogP contribution < -0.4 is 15.5 Å². The van der Waals surface area contributed by atoms with E-state index in [0.717, 1.165) is 10.6 Å². The molecule has 0 radical (unpaired) electrons. The Hall–Kier alpha value is -3.65. The predicted octanol–water partition coefficient (Wildman–Crippen LogP) is 2.18. The van der Waals surface area contributed by atoms with E-state index in [2.05, 4.69) is 17.3 Å². The third-order valence-electron chi connectivity index (χ3n) is 5.10. The van der Waals surface area contributed by atoms with Gasteiger partial charge in [-0.05, 0) is 30.2 Å². The number of nitrogens with zero attached hydrogens (tertiary/aromatic N) is 2. The van der Waals surface area contributed by atoms with Crippen LogP contribution in [0.3, 0.4) is 0 Å². The van der Waals surface area contributed by atoms with Gasteiger partial charge in [0.15, 0.2) is 0 Å². The normalized spacial score (nSPS) is 18.1. The molecule has 0 saturated carbocycles. The number of rotatable bonds is 9. The number of hydrazine groups is 1. The second-order valence-corrected chi connectivity index (χ2v) is 7.40. The maximum atomic E-state index is 13.0. The highest BCUT2D eigenvalue weighted by Crippen LogP contribution is 2.29. The van der Waals surface area contributed by atoms with Gasteiger partial charge in [-0.15, -0.1) is 6.58 Å². The van der Waals surface area contributed by atoms with E-state index in [1.165, 1.54) is 0 Å². The maximum absolute atomic E-state index is 13.0. The van der Waals surface area contributed by atoms with Gasteiger partial charge < -0.3 is 10.1 Å². The maximum Gasteiger partial charge on any atom is 0.344 e. The number of benzene rings is 2. The second kappa shape index (κ2) is 9.44. The number of nitrogens with one attached hydrogen (secondary N) is 2. The van der Waals surface area contributed by atoms with Gasteiger partial charge in [-0.3, -0.25) is 19.9 Å². The molecule has 8 nitrogen and oxygen atoms in total. The molecule has 1 unspecified atom stereocenters. The minimum Gasteiger partial charge on any atom is -0.497 e. The molecule has 2 aromatic rings. The van der Waals surface area contributed by atoms with Gasteiger partial charge in [0, 0.05) is 13.1 Å². The van der Waals surface area contributed by atoms with Crippen LogP contribution in [-0.2, 0) is 21.7 Å². The number of imide groups is 1. The molecule has 1 saturated heterocycles. The zero-order valence-corrected chi connectivity index (χ0v) is 17.6. The van der Waals surface area contributed by atoms with Gasteiger partial charge >= 0.3 is 6.03 Å². The van der Waals surface area contributed by atoms with E-state index in [1.54, 1.807) is 44.4 Å². The van der Waals surface area contributed by atoms with E-state index in [1.807, 2.05) is 35.2 Å². The number of urea groups is 1. The summed E-state index contributed by atoms with van der Waals surface area (Å²) in [6.07, 6.45) is 1.70. The molecule has 1 fully saturated rings. The van der Waals surface area contributed by atoms with Crippen molar-refractivity contribution in [3.05, 3.63) is 78.4 Å². The van der Waals surface area contributed by atoms with Crippen LogP contribution in [-0.4, -0.2) is 48.0 Å². The van der Waals surface area contributed by atoms with Gasteiger partial charge in [-0.1, -0.05) is 48.5 Å². The van der Waals surface area contributed by atoms with Gasteiger partial charge in [0.05, 0.1) is 13.7 Å². The first-order valence-electron chi connectivity index (χ1n) is 9.85. The summed E-state index contributed by atoms with van der Waals surface area (Å²) in [7, 11) is 1.55. The summed E-state index contributed by atoms with van der Waals surface area (Å²) < 4.78 is 5.13. The van der Waals surface area contributed by atoms with E-state index >= 15 is 0 Å². The van der Waals surface area contributed by atoms with Crippen LogP contribution in [0, 0.1) is 0 Å². The number of hydrogen-bond acceptors (Lipinski definition) is 5. The van der Waals surface area contributed by atoms with Crippen molar-refractivity contribution in [2.24, 2.45) is 0 Å². The summed E-state index contributed by atoms with van der Waals surface area (Å²) in [5.74, 6) is -0.399. The smallest absolute Gasteiger partial charge is 0.344 e. The number of hydrogen-bond donors (Lipinski definition) is 2. The molecule has 0 aromatic heterocycles. The predicted molar refractivity (Wildman–Crippen MR) is 116 cm³/mol. The lowest BCUT2D eigenvalue weighted by atomic mass is 9.92. The Morgan fingerprint density at radius 2 is 1.87 bits per heavy atom. The zero-order chi connectivity index (χ0) is 22.4. The molecule has 2 aromatic carbocycles. The van der Waals surface area contributed by atoms with E-state index < -0.39 is 23.4 Å². The van der Waals surface area contributed by atoms with E-state index in [0.29, 0.717) is 24.4 Å². The van der Waals surface area contributed by atoms with E-state index in [-0.39, 0.29) is 6.54 Å². The molecule has 1 aliphatic heterocycles. The third kappa shape index (κ3) is 4.92. The van der Waals surface area contributed by atoms with Crippen molar-refractivity contribution >= 4 is 17.8 Å².